The van der Waals surface area contributed by atoms with Gasteiger partial charge >= 0.3 is 0 Å². The fourth-order valence-corrected chi connectivity index (χ4v) is 1.55. The van der Waals surface area contributed by atoms with Crippen molar-refractivity contribution in [2.24, 2.45) is 0 Å². The molecule has 0 fully saturated rings. The molecule has 1 heterocycles. The van der Waals surface area contributed by atoms with Crippen molar-refractivity contribution in [3.8, 4) is 23.1 Å². The van der Waals surface area contributed by atoms with E-state index in [1.165, 1.54) is 0 Å². The minimum absolute atomic E-state index is 0.615. The molecule has 3 heteroatoms. The van der Waals surface area contributed by atoms with Gasteiger partial charge in [0, 0.05) is 11.8 Å². The van der Waals surface area contributed by atoms with E-state index in [0.717, 1.165) is 17.0 Å². The van der Waals surface area contributed by atoms with E-state index < -0.39 is 0 Å². The Hall–Kier alpha value is -2.34. The molecular weight excluding hydrogens is 212 g/mol. The van der Waals surface area contributed by atoms with Crippen LogP contribution in [0, 0.1) is 11.3 Å². The lowest BCUT2D eigenvalue weighted by Crippen LogP contribution is -1.91. The Morgan fingerprint density at radius 1 is 1.24 bits per heavy atom. The molecule has 0 saturated heterocycles. The second kappa shape index (κ2) is 5.13. The minimum atomic E-state index is 0.615. The smallest absolute Gasteiger partial charge is 0.119 e. The van der Waals surface area contributed by atoms with Crippen LogP contribution in [-0.2, 0) is 0 Å². The molecule has 0 aliphatic heterocycles. The first kappa shape index (κ1) is 11.2. The number of hydrogen-bond donors (Lipinski definition) is 0. The maximum absolute atomic E-state index is 8.83. The van der Waals surface area contributed by atoms with Crippen molar-refractivity contribution in [3.05, 3.63) is 48.2 Å². The number of aromatic nitrogens is 1. The van der Waals surface area contributed by atoms with Gasteiger partial charge in [-0.2, -0.15) is 5.26 Å². The third-order valence-electron chi connectivity index (χ3n) is 2.35. The molecular formula is C14H12N2O. The molecule has 2 aromatic rings. The van der Waals surface area contributed by atoms with Gasteiger partial charge in [-0.1, -0.05) is 0 Å². The highest BCUT2D eigenvalue weighted by molar-refractivity contribution is 5.61. The van der Waals surface area contributed by atoms with E-state index in [9.17, 15) is 0 Å². The van der Waals surface area contributed by atoms with Crippen molar-refractivity contribution in [1.82, 2.24) is 4.98 Å². The van der Waals surface area contributed by atoms with Gasteiger partial charge in [-0.15, -0.1) is 0 Å². The fourth-order valence-electron chi connectivity index (χ4n) is 1.55. The van der Waals surface area contributed by atoms with Crippen LogP contribution in [0.3, 0.4) is 0 Å². The second-order valence-corrected chi connectivity index (χ2v) is 3.50. The van der Waals surface area contributed by atoms with E-state index in [1.54, 1.807) is 18.3 Å². The average Bonchev–Trinajstić information content (AvgIpc) is 2.40. The molecule has 84 valence electrons. The maximum atomic E-state index is 8.83. The molecule has 3 nitrogen and oxygen atoms in total. The number of rotatable bonds is 3. The van der Waals surface area contributed by atoms with Crippen LogP contribution in [0.4, 0.5) is 0 Å². The predicted octanol–water partition coefficient (Wildman–Crippen LogP) is 3.02. The minimum Gasteiger partial charge on any atom is -0.494 e. The van der Waals surface area contributed by atoms with Gasteiger partial charge in [-0.3, -0.25) is 4.98 Å². The third-order valence-corrected chi connectivity index (χ3v) is 2.35. The van der Waals surface area contributed by atoms with E-state index in [0.29, 0.717) is 12.2 Å². The van der Waals surface area contributed by atoms with Crippen LogP contribution in [0.15, 0.2) is 42.6 Å². The molecule has 0 bridgehead atoms. The number of hydrogen-bond acceptors (Lipinski definition) is 3. The molecule has 0 radical (unpaired) electrons. The second-order valence-electron chi connectivity index (χ2n) is 3.50. The van der Waals surface area contributed by atoms with E-state index >= 15 is 0 Å². The lowest BCUT2D eigenvalue weighted by Gasteiger charge is -2.04. The van der Waals surface area contributed by atoms with E-state index in [1.807, 2.05) is 31.2 Å². The summed E-state index contributed by atoms with van der Waals surface area (Å²) >= 11 is 0. The number of nitrogens with zero attached hydrogens (tertiary/aromatic N) is 2. The Morgan fingerprint density at radius 3 is 2.65 bits per heavy atom. The molecule has 0 unspecified atom stereocenters. The van der Waals surface area contributed by atoms with Crippen LogP contribution in [0.2, 0.25) is 0 Å². The molecule has 1 aromatic heterocycles. The lowest BCUT2D eigenvalue weighted by atomic mass is 10.1. The number of pyridine rings is 1. The number of nitriles is 1. The summed E-state index contributed by atoms with van der Waals surface area (Å²) in [5.41, 5.74) is 2.39. The summed E-state index contributed by atoms with van der Waals surface area (Å²) in [5.74, 6) is 0.840. The van der Waals surface area contributed by atoms with Crippen molar-refractivity contribution >= 4 is 0 Å². The van der Waals surface area contributed by atoms with Crippen molar-refractivity contribution in [2.45, 2.75) is 6.92 Å². The molecule has 0 N–H and O–H groups in total. The Morgan fingerprint density at radius 2 is 2.00 bits per heavy atom. The normalized spacial score (nSPS) is 9.65. The van der Waals surface area contributed by atoms with Gasteiger partial charge in [0.1, 0.15) is 5.75 Å². The largest absolute Gasteiger partial charge is 0.494 e. The zero-order valence-electron chi connectivity index (χ0n) is 9.55. The Bertz CT molecular complexity index is 541. The highest BCUT2D eigenvalue weighted by Gasteiger charge is 2.01. The van der Waals surface area contributed by atoms with Crippen molar-refractivity contribution in [1.29, 1.82) is 5.26 Å². The van der Waals surface area contributed by atoms with Crippen LogP contribution in [0.5, 0.6) is 5.75 Å². The molecule has 2 rings (SSSR count). The predicted molar refractivity (Wildman–Crippen MR) is 65.6 cm³/mol. The number of ether oxygens (including phenoxy) is 1. The average molecular weight is 224 g/mol. The highest BCUT2D eigenvalue weighted by atomic mass is 16.5. The molecule has 1 aromatic carbocycles. The quantitative estimate of drug-likeness (QED) is 0.805. The van der Waals surface area contributed by atoms with E-state index in [2.05, 4.69) is 11.1 Å². The molecule has 17 heavy (non-hydrogen) atoms. The Balaban J connectivity index is 2.30. The van der Waals surface area contributed by atoms with Gasteiger partial charge in [0.2, 0.25) is 0 Å². The molecule has 0 aliphatic rings. The van der Waals surface area contributed by atoms with E-state index in [-0.39, 0.29) is 0 Å². The van der Waals surface area contributed by atoms with Crippen LogP contribution in [-0.4, -0.2) is 11.6 Å². The maximum Gasteiger partial charge on any atom is 0.119 e. The first-order valence-electron chi connectivity index (χ1n) is 5.43. The monoisotopic (exact) mass is 224 g/mol. The summed E-state index contributed by atoms with van der Waals surface area (Å²) < 4.78 is 5.37. The lowest BCUT2D eigenvalue weighted by molar-refractivity contribution is 0.340. The summed E-state index contributed by atoms with van der Waals surface area (Å²) in [5, 5.41) is 8.83. The van der Waals surface area contributed by atoms with Gasteiger partial charge in [-0.05, 0) is 43.3 Å². The van der Waals surface area contributed by atoms with Gasteiger partial charge in [-0.25, -0.2) is 0 Å². The Labute approximate surface area is 100 Å². The van der Waals surface area contributed by atoms with Crippen molar-refractivity contribution in [2.75, 3.05) is 6.61 Å². The van der Waals surface area contributed by atoms with Crippen LogP contribution in [0.25, 0.3) is 11.3 Å². The first-order chi connectivity index (χ1) is 8.33. The standard InChI is InChI=1S/C14H12N2O/c1-2-17-13-5-3-12(4-6-13)14-9-11(10-15)7-8-16-14/h3-9H,2H2,1H3. The van der Waals surface area contributed by atoms with E-state index in [4.69, 9.17) is 10.00 Å². The molecule has 0 spiro atoms. The van der Waals surface area contributed by atoms with Crippen LogP contribution in [0.1, 0.15) is 12.5 Å². The number of benzene rings is 1. The summed E-state index contributed by atoms with van der Waals surface area (Å²) in [6.45, 7) is 2.60. The van der Waals surface area contributed by atoms with Crippen LogP contribution < -0.4 is 4.74 Å². The van der Waals surface area contributed by atoms with Crippen molar-refractivity contribution in [3.63, 3.8) is 0 Å². The zero-order valence-corrected chi connectivity index (χ0v) is 9.55. The summed E-state index contributed by atoms with van der Waals surface area (Å²) in [6, 6.07) is 13.3. The summed E-state index contributed by atoms with van der Waals surface area (Å²) in [7, 11) is 0. The van der Waals surface area contributed by atoms with Gasteiger partial charge in [0.05, 0.1) is 23.9 Å². The van der Waals surface area contributed by atoms with Gasteiger partial charge in [0.15, 0.2) is 0 Å². The van der Waals surface area contributed by atoms with Gasteiger partial charge in [0.25, 0.3) is 0 Å². The SMILES string of the molecule is CCOc1ccc(-c2cc(C#N)ccn2)cc1. The molecule has 0 amide bonds. The van der Waals surface area contributed by atoms with Crippen LogP contribution >= 0.6 is 0 Å². The summed E-state index contributed by atoms with van der Waals surface area (Å²) in [4.78, 5) is 4.24. The molecule has 0 aliphatic carbocycles. The zero-order chi connectivity index (χ0) is 12.1. The van der Waals surface area contributed by atoms with Crippen molar-refractivity contribution < 1.29 is 4.74 Å². The molecule has 0 saturated carbocycles. The molecule has 0 atom stereocenters. The highest BCUT2D eigenvalue weighted by Crippen LogP contribution is 2.21. The summed E-state index contributed by atoms with van der Waals surface area (Å²) in [6.07, 6.45) is 1.64. The topological polar surface area (TPSA) is 45.9 Å². The third kappa shape index (κ3) is 2.61. The first-order valence-corrected chi connectivity index (χ1v) is 5.43. The Kier molecular flexibility index (Phi) is 3.37. The van der Waals surface area contributed by atoms with Gasteiger partial charge < -0.3 is 4.74 Å². The fraction of sp³-hybridized carbons (Fsp3) is 0.143.